The lowest BCUT2D eigenvalue weighted by molar-refractivity contribution is 0.0302. The van der Waals surface area contributed by atoms with Gasteiger partial charge in [-0.05, 0) is 66.9 Å². The van der Waals surface area contributed by atoms with Crippen molar-refractivity contribution in [3.63, 3.8) is 0 Å². The van der Waals surface area contributed by atoms with Crippen molar-refractivity contribution in [2.75, 3.05) is 62.1 Å². The van der Waals surface area contributed by atoms with Gasteiger partial charge < -0.3 is 29.9 Å². The summed E-state index contributed by atoms with van der Waals surface area (Å²) in [6.45, 7) is 4.51. The maximum Gasteiger partial charge on any atom is 0.258 e. The molecule has 12 heteroatoms. The third kappa shape index (κ3) is 5.26. The van der Waals surface area contributed by atoms with E-state index in [1.165, 1.54) is 0 Å². The van der Waals surface area contributed by atoms with Crippen molar-refractivity contribution in [1.82, 2.24) is 24.5 Å². The first-order chi connectivity index (χ1) is 22.3. The van der Waals surface area contributed by atoms with Crippen molar-refractivity contribution in [3.05, 3.63) is 89.4 Å². The number of rotatable bonds is 6. The number of aromatic hydroxyl groups is 1. The van der Waals surface area contributed by atoms with E-state index in [0.29, 0.717) is 84.5 Å². The average molecular weight is 619 g/mol. The minimum atomic E-state index is -0.154. The first-order valence-corrected chi connectivity index (χ1v) is 15.2. The smallest absolute Gasteiger partial charge is 0.258 e. The van der Waals surface area contributed by atoms with E-state index in [-0.39, 0.29) is 17.6 Å². The normalized spacial score (nSPS) is 14.8. The average Bonchev–Trinajstić information content (AvgIpc) is 3.55. The van der Waals surface area contributed by atoms with Gasteiger partial charge in [0.1, 0.15) is 11.6 Å². The van der Waals surface area contributed by atoms with Crippen LogP contribution in [0.15, 0.2) is 67.1 Å². The Balaban J connectivity index is 1.20. The molecule has 0 radical (unpaired) electrons. The summed E-state index contributed by atoms with van der Waals surface area (Å²) >= 11 is 0. The predicted molar refractivity (Wildman–Crippen MR) is 175 cm³/mol. The van der Waals surface area contributed by atoms with Crippen LogP contribution in [0.25, 0.3) is 16.9 Å². The number of aromatic nitrogens is 4. The Morgan fingerprint density at radius 2 is 1.85 bits per heavy atom. The zero-order valence-corrected chi connectivity index (χ0v) is 25.9. The Morgan fingerprint density at radius 1 is 1.02 bits per heavy atom. The molecule has 2 amide bonds. The second-order valence-electron chi connectivity index (χ2n) is 11.7. The molecule has 0 atom stereocenters. The number of ether oxygens (including phenoxy) is 1. The summed E-state index contributed by atoms with van der Waals surface area (Å²) in [4.78, 5) is 40.9. The fraction of sp³-hybridized carbons (Fsp3) is 0.265. The van der Waals surface area contributed by atoms with Crippen LogP contribution in [-0.4, -0.2) is 88.3 Å². The fourth-order valence-corrected chi connectivity index (χ4v) is 6.02. The summed E-state index contributed by atoms with van der Waals surface area (Å²) in [6.07, 6.45) is 5.59. The molecule has 2 aromatic carbocycles. The van der Waals surface area contributed by atoms with Gasteiger partial charge in [0.05, 0.1) is 35.8 Å². The van der Waals surface area contributed by atoms with Crippen molar-refractivity contribution in [3.8, 4) is 17.0 Å². The van der Waals surface area contributed by atoms with E-state index in [0.717, 1.165) is 16.8 Å². The number of carbonyl (C=O) groups is 2. The summed E-state index contributed by atoms with van der Waals surface area (Å²) in [5, 5.41) is 19.8. The van der Waals surface area contributed by atoms with Gasteiger partial charge in [-0.3, -0.25) is 9.59 Å². The van der Waals surface area contributed by atoms with Crippen molar-refractivity contribution in [2.24, 2.45) is 0 Å². The van der Waals surface area contributed by atoms with Gasteiger partial charge >= 0.3 is 0 Å². The van der Waals surface area contributed by atoms with Gasteiger partial charge in [-0.15, -0.1) is 0 Å². The molecular formula is C34H34N8O4. The number of phenols is 1. The van der Waals surface area contributed by atoms with E-state index in [1.807, 2.05) is 50.2 Å². The quantitative estimate of drug-likeness (QED) is 0.286. The van der Waals surface area contributed by atoms with Crippen LogP contribution in [0.1, 0.15) is 31.8 Å². The number of nitrogens with one attached hydrogen (secondary N) is 1. The summed E-state index contributed by atoms with van der Waals surface area (Å²) in [5.41, 5.74) is 6.56. The summed E-state index contributed by atoms with van der Waals surface area (Å²) in [7, 11) is 3.95. The van der Waals surface area contributed by atoms with Crippen molar-refractivity contribution in [2.45, 2.75) is 13.3 Å². The summed E-state index contributed by atoms with van der Waals surface area (Å²) in [6, 6.07) is 14.8. The summed E-state index contributed by atoms with van der Waals surface area (Å²) in [5.74, 6) is 0.261. The molecule has 0 aliphatic carbocycles. The van der Waals surface area contributed by atoms with Crippen LogP contribution < -0.4 is 15.1 Å². The Morgan fingerprint density at radius 3 is 2.61 bits per heavy atom. The van der Waals surface area contributed by atoms with Crippen LogP contribution in [0.2, 0.25) is 0 Å². The highest BCUT2D eigenvalue weighted by molar-refractivity contribution is 6.09. The van der Waals surface area contributed by atoms with E-state index in [1.54, 1.807) is 57.2 Å². The topological polar surface area (TPSA) is 128 Å². The van der Waals surface area contributed by atoms with Crippen molar-refractivity contribution >= 4 is 40.3 Å². The Kier molecular flexibility index (Phi) is 7.49. The second kappa shape index (κ2) is 11.8. The second-order valence-corrected chi connectivity index (χ2v) is 11.7. The first kappa shape index (κ1) is 29.2. The molecule has 3 aromatic heterocycles. The standard InChI is InChI=1S/C34H34N8O4/c1-21-4-8-28(41-12-10-22-18-24(39(2)3)6-7-25(22)34(41)45)31(43)30(21)26-19-27(32-35-11-13-42(32)38-26)37-29-9-5-23(20-36-29)33(44)40-14-16-46-17-15-40/h4-9,11,13,18-20,43H,10,12,14-17H2,1-3H3,(H,36,37). The Hall–Kier alpha value is -5.49. The highest BCUT2D eigenvalue weighted by Gasteiger charge is 2.29. The lowest BCUT2D eigenvalue weighted by Crippen LogP contribution is -2.40. The monoisotopic (exact) mass is 618 g/mol. The molecule has 5 heterocycles. The number of benzene rings is 2. The molecule has 234 valence electrons. The number of pyridine rings is 1. The highest BCUT2D eigenvalue weighted by Crippen LogP contribution is 2.42. The zero-order chi connectivity index (χ0) is 31.9. The molecule has 0 unspecified atom stereocenters. The Bertz CT molecular complexity index is 1960. The molecule has 0 saturated carbocycles. The molecule has 2 aliphatic rings. The maximum absolute atomic E-state index is 13.7. The predicted octanol–water partition coefficient (Wildman–Crippen LogP) is 4.29. The number of morpholine rings is 1. The van der Waals surface area contributed by atoms with Gasteiger partial charge in [-0.2, -0.15) is 5.10 Å². The van der Waals surface area contributed by atoms with Gasteiger partial charge in [-0.25, -0.2) is 14.5 Å². The van der Waals surface area contributed by atoms with E-state index >= 15 is 0 Å². The van der Waals surface area contributed by atoms with Crippen LogP contribution in [0.3, 0.4) is 0 Å². The lowest BCUT2D eigenvalue weighted by atomic mass is 9.96. The maximum atomic E-state index is 13.7. The third-order valence-corrected chi connectivity index (χ3v) is 8.53. The van der Waals surface area contributed by atoms with E-state index < -0.39 is 0 Å². The number of nitrogens with zero attached hydrogens (tertiary/aromatic N) is 7. The summed E-state index contributed by atoms with van der Waals surface area (Å²) < 4.78 is 6.98. The Labute approximate surface area is 265 Å². The van der Waals surface area contributed by atoms with E-state index in [4.69, 9.17) is 9.84 Å². The van der Waals surface area contributed by atoms with Gasteiger partial charge in [-0.1, -0.05) is 6.07 Å². The van der Waals surface area contributed by atoms with Gasteiger partial charge in [0.25, 0.3) is 11.8 Å². The number of hydrogen-bond donors (Lipinski definition) is 2. The molecule has 0 spiro atoms. The van der Waals surface area contributed by atoms with E-state index in [2.05, 4.69) is 15.3 Å². The minimum absolute atomic E-state index is 0.0243. The number of hydrogen-bond acceptors (Lipinski definition) is 9. The molecule has 1 saturated heterocycles. The SMILES string of the molecule is Cc1ccc(N2CCc3cc(N(C)C)ccc3C2=O)c(O)c1-c1cc(Nc2ccc(C(=O)N3CCOCC3)cn2)c2nccn2n1. The molecule has 7 rings (SSSR count). The zero-order valence-electron chi connectivity index (χ0n) is 25.9. The largest absolute Gasteiger partial charge is 0.505 e. The van der Waals surface area contributed by atoms with E-state index in [9.17, 15) is 14.7 Å². The van der Waals surface area contributed by atoms with Gasteiger partial charge in [0, 0.05) is 69.1 Å². The molecule has 5 aromatic rings. The van der Waals surface area contributed by atoms with Crippen molar-refractivity contribution in [1.29, 1.82) is 0 Å². The molecule has 2 N–H and O–H groups in total. The highest BCUT2D eigenvalue weighted by atomic mass is 16.5. The number of amides is 2. The number of anilines is 4. The fourth-order valence-electron chi connectivity index (χ4n) is 6.02. The number of fused-ring (bicyclic) bond motifs is 2. The number of aryl methyl sites for hydroxylation is 1. The van der Waals surface area contributed by atoms with Gasteiger partial charge in [0.2, 0.25) is 0 Å². The van der Waals surface area contributed by atoms with Crippen LogP contribution >= 0.6 is 0 Å². The molecule has 1 fully saturated rings. The first-order valence-electron chi connectivity index (χ1n) is 15.2. The molecule has 2 aliphatic heterocycles. The minimum Gasteiger partial charge on any atom is -0.505 e. The number of phenolic OH excluding ortho intramolecular Hbond substituents is 1. The number of imidazole rings is 1. The molecular weight excluding hydrogens is 584 g/mol. The van der Waals surface area contributed by atoms with Gasteiger partial charge in [0.15, 0.2) is 5.65 Å². The lowest BCUT2D eigenvalue weighted by Gasteiger charge is -2.30. The molecule has 46 heavy (non-hydrogen) atoms. The molecule has 12 nitrogen and oxygen atoms in total. The molecule has 0 bridgehead atoms. The third-order valence-electron chi connectivity index (χ3n) is 8.53. The van der Waals surface area contributed by atoms with Crippen LogP contribution in [0, 0.1) is 6.92 Å². The van der Waals surface area contributed by atoms with Crippen molar-refractivity contribution < 1.29 is 19.4 Å². The van der Waals surface area contributed by atoms with Crippen LogP contribution in [0.4, 0.5) is 22.9 Å². The number of carbonyl (C=O) groups excluding carboxylic acids is 2. The van der Waals surface area contributed by atoms with Crippen LogP contribution in [0.5, 0.6) is 5.75 Å². The van der Waals surface area contributed by atoms with Crippen LogP contribution in [-0.2, 0) is 11.2 Å².